The summed E-state index contributed by atoms with van der Waals surface area (Å²) in [7, 11) is 0. The number of halogens is 1. The Labute approximate surface area is 136 Å². The Balaban J connectivity index is 1.65. The molecule has 0 unspecified atom stereocenters. The standard InChI is InChI=1S/C18H12FNO2S/c19-12-3-5-17-14(10-12)20-18(23-17)6-2-11-1-4-16-13(9-11)15(21)7-8-22-16/h1-6,9-10H,7-8H2. The highest BCUT2D eigenvalue weighted by molar-refractivity contribution is 7.19. The van der Waals surface area contributed by atoms with Gasteiger partial charge in [0.15, 0.2) is 5.78 Å². The second-order valence-electron chi connectivity index (χ2n) is 5.27. The van der Waals surface area contributed by atoms with Crippen molar-refractivity contribution in [3.05, 3.63) is 58.3 Å². The average molecular weight is 325 g/mol. The molecule has 1 aliphatic heterocycles. The molecular weight excluding hydrogens is 313 g/mol. The van der Waals surface area contributed by atoms with E-state index in [9.17, 15) is 9.18 Å². The third kappa shape index (κ3) is 2.75. The van der Waals surface area contributed by atoms with Crippen LogP contribution in [0.1, 0.15) is 27.3 Å². The Morgan fingerprint density at radius 2 is 2.09 bits per heavy atom. The minimum absolute atomic E-state index is 0.108. The first-order valence-corrected chi connectivity index (χ1v) is 8.05. The van der Waals surface area contributed by atoms with Crippen LogP contribution in [0.2, 0.25) is 0 Å². The van der Waals surface area contributed by atoms with Gasteiger partial charge >= 0.3 is 0 Å². The number of ether oxygens (including phenoxy) is 1. The summed E-state index contributed by atoms with van der Waals surface area (Å²) in [6, 6.07) is 10.1. The fraction of sp³-hybridized carbons (Fsp3) is 0.111. The number of carbonyl (C=O) groups is 1. The Morgan fingerprint density at radius 3 is 3.00 bits per heavy atom. The summed E-state index contributed by atoms with van der Waals surface area (Å²) < 4.78 is 19.6. The number of nitrogens with zero attached hydrogens (tertiary/aromatic N) is 1. The van der Waals surface area contributed by atoms with Gasteiger partial charge in [-0.1, -0.05) is 12.1 Å². The highest BCUT2D eigenvalue weighted by Gasteiger charge is 2.18. The highest BCUT2D eigenvalue weighted by Crippen LogP contribution is 2.27. The number of hydrogen-bond acceptors (Lipinski definition) is 4. The van der Waals surface area contributed by atoms with Crippen LogP contribution in [0.3, 0.4) is 0 Å². The van der Waals surface area contributed by atoms with Gasteiger partial charge in [-0.05, 0) is 35.9 Å². The summed E-state index contributed by atoms with van der Waals surface area (Å²) in [6.45, 7) is 0.448. The van der Waals surface area contributed by atoms with E-state index < -0.39 is 0 Å². The zero-order valence-corrected chi connectivity index (χ0v) is 12.9. The lowest BCUT2D eigenvalue weighted by molar-refractivity contribution is 0.0933. The molecule has 5 heteroatoms. The van der Waals surface area contributed by atoms with Crippen molar-refractivity contribution in [3.63, 3.8) is 0 Å². The molecule has 0 radical (unpaired) electrons. The number of ketones is 1. The molecule has 0 fully saturated rings. The monoisotopic (exact) mass is 325 g/mol. The Hall–Kier alpha value is -2.53. The smallest absolute Gasteiger partial charge is 0.170 e. The first-order valence-electron chi connectivity index (χ1n) is 7.23. The molecule has 0 spiro atoms. The quantitative estimate of drug-likeness (QED) is 0.693. The molecule has 0 amide bonds. The number of Topliss-reactive ketones (excluding diaryl/α,β-unsaturated/α-hetero) is 1. The topological polar surface area (TPSA) is 39.2 Å². The van der Waals surface area contributed by atoms with Gasteiger partial charge < -0.3 is 4.74 Å². The van der Waals surface area contributed by atoms with Crippen LogP contribution >= 0.6 is 11.3 Å². The maximum absolute atomic E-state index is 13.2. The lowest BCUT2D eigenvalue weighted by atomic mass is 10.0. The van der Waals surface area contributed by atoms with E-state index in [4.69, 9.17) is 4.74 Å². The molecule has 0 N–H and O–H groups in total. The van der Waals surface area contributed by atoms with Gasteiger partial charge in [-0.15, -0.1) is 11.3 Å². The second-order valence-corrected chi connectivity index (χ2v) is 6.34. The van der Waals surface area contributed by atoms with Gasteiger partial charge in [0.1, 0.15) is 16.6 Å². The van der Waals surface area contributed by atoms with Gasteiger partial charge in [0, 0.05) is 12.5 Å². The van der Waals surface area contributed by atoms with E-state index in [0.717, 1.165) is 15.3 Å². The minimum atomic E-state index is -0.286. The van der Waals surface area contributed by atoms with Gasteiger partial charge in [-0.3, -0.25) is 4.79 Å². The van der Waals surface area contributed by atoms with Crippen molar-refractivity contribution in [2.24, 2.45) is 0 Å². The zero-order valence-electron chi connectivity index (χ0n) is 12.1. The van der Waals surface area contributed by atoms with E-state index in [2.05, 4.69) is 4.98 Å². The van der Waals surface area contributed by atoms with Crippen molar-refractivity contribution in [2.75, 3.05) is 6.61 Å². The Kier molecular flexibility index (Phi) is 3.42. The number of rotatable bonds is 2. The molecule has 23 heavy (non-hydrogen) atoms. The second kappa shape index (κ2) is 5.59. The fourth-order valence-electron chi connectivity index (χ4n) is 2.54. The van der Waals surface area contributed by atoms with Crippen LogP contribution in [0.15, 0.2) is 36.4 Å². The third-order valence-corrected chi connectivity index (χ3v) is 4.68. The number of fused-ring (bicyclic) bond motifs is 2. The van der Waals surface area contributed by atoms with Gasteiger partial charge in [0.05, 0.1) is 22.4 Å². The molecule has 1 aliphatic rings. The highest BCUT2D eigenvalue weighted by atomic mass is 32.1. The van der Waals surface area contributed by atoms with E-state index >= 15 is 0 Å². The van der Waals surface area contributed by atoms with Crippen molar-refractivity contribution in [1.29, 1.82) is 0 Å². The van der Waals surface area contributed by atoms with Crippen LogP contribution in [0.4, 0.5) is 4.39 Å². The van der Waals surface area contributed by atoms with Crippen molar-refractivity contribution in [2.45, 2.75) is 6.42 Å². The van der Waals surface area contributed by atoms with Crippen LogP contribution < -0.4 is 4.74 Å². The summed E-state index contributed by atoms with van der Waals surface area (Å²) >= 11 is 1.50. The molecule has 2 heterocycles. The number of carbonyl (C=O) groups excluding carboxylic acids is 1. The maximum Gasteiger partial charge on any atom is 0.170 e. The van der Waals surface area contributed by atoms with Crippen LogP contribution in [-0.2, 0) is 0 Å². The molecule has 3 nitrogen and oxygen atoms in total. The minimum Gasteiger partial charge on any atom is -0.492 e. The largest absolute Gasteiger partial charge is 0.492 e. The molecule has 0 atom stereocenters. The lowest BCUT2D eigenvalue weighted by Crippen LogP contribution is -2.15. The van der Waals surface area contributed by atoms with Crippen molar-refractivity contribution >= 4 is 39.5 Å². The van der Waals surface area contributed by atoms with E-state index in [1.165, 1.54) is 23.5 Å². The van der Waals surface area contributed by atoms with Crippen LogP contribution in [0.25, 0.3) is 22.4 Å². The molecule has 0 saturated carbocycles. The molecule has 2 aromatic carbocycles. The Bertz CT molecular complexity index is 945. The van der Waals surface area contributed by atoms with E-state index in [0.29, 0.717) is 29.9 Å². The van der Waals surface area contributed by atoms with Crippen molar-refractivity contribution in [3.8, 4) is 5.75 Å². The predicted molar refractivity (Wildman–Crippen MR) is 89.4 cm³/mol. The molecule has 0 saturated heterocycles. The molecule has 0 bridgehead atoms. The summed E-state index contributed by atoms with van der Waals surface area (Å²) in [5.74, 6) is 0.470. The molecule has 4 rings (SSSR count). The summed E-state index contributed by atoms with van der Waals surface area (Å²) in [5, 5.41) is 0.797. The maximum atomic E-state index is 13.2. The number of aromatic nitrogens is 1. The van der Waals surface area contributed by atoms with E-state index in [-0.39, 0.29) is 11.6 Å². The summed E-state index contributed by atoms with van der Waals surface area (Å²) in [5.41, 5.74) is 2.20. The average Bonchev–Trinajstić information content (AvgIpc) is 2.95. The number of benzene rings is 2. The van der Waals surface area contributed by atoms with Gasteiger partial charge in [0.2, 0.25) is 0 Å². The molecule has 1 aromatic heterocycles. The molecular formula is C18H12FNO2S. The first-order chi connectivity index (χ1) is 11.2. The van der Waals surface area contributed by atoms with Gasteiger partial charge in [-0.2, -0.15) is 0 Å². The molecule has 3 aromatic rings. The normalized spacial score (nSPS) is 14.2. The lowest BCUT2D eigenvalue weighted by Gasteiger charge is -2.16. The SMILES string of the molecule is O=C1CCOc2ccc(C=Cc3nc4cc(F)ccc4s3)cc21. The Morgan fingerprint density at radius 1 is 1.17 bits per heavy atom. The number of thiazole rings is 1. The van der Waals surface area contributed by atoms with E-state index in [1.54, 1.807) is 6.07 Å². The fourth-order valence-corrected chi connectivity index (χ4v) is 3.39. The summed E-state index contributed by atoms with van der Waals surface area (Å²) in [4.78, 5) is 16.3. The third-order valence-electron chi connectivity index (χ3n) is 3.68. The summed E-state index contributed by atoms with van der Waals surface area (Å²) in [6.07, 6.45) is 4.19. The number of hydrogen-bond donors (Lipinski definition) is 0. The molecule has 114 valence electrons. The van der Waals surface area contributed by atoms with Gasteiger partial charge in [-0.25, -0.2) is 9.37 Å². The van der Waals surface area contributed by atoms with Crippen LogP contribution in [0.5, 0.6) is 5.75 Å². The zero-order chi connectivity index (χ0) is 15.8. The van der Waals surface area contributed by atoms with Crippen LogP contribution in [0, 0.1) is 5.82 Å². The van der Waals surface area contributed by atoms with E-state index in [1.807, 2.05) is 30.4 Å². The van der Waals surface area contributed by atoms with Crippen molar-refractivity contribution < 1.29 is 13.9 Å². The van der Waals surface area contributed by atoms with Crippen molar-refractivity contribution in [1.82, 2.24) is 4.98 Å². The van der Waals surface area contributed by atoms with Gasteiger partial charge in [0.25, 0.3) is 0 Å². The molecule has 0 aliphatic carbocycles. The first kappa shape index (κ1) is 14.1. The predicted octanol–water partition coefficient (Wildman–Crippen LogP) is 4.57. The van der Waals surface area contributed by atoms with Crippen LogP contribution in [-0.4, -0.2) is 17.4 Å².